The number of nitrogens with one attached hydrogen (secondary N) is 2. The monoisotopic (exact) mass is 383 g/mol. The molecule has 150 valence electrons. The fourth-order valence-corrected chi connectivity index (χ4v) is 4.58. The van der Waals surface area contributed by atoms with E-state index in [4.69, 9.17) is 0 Å². The number of nitrogens with zero attached hydrogens (tertiary/aromatic N) is 3. The number of hydrogen-bond donors (Lipinski definition) is 2. The van der Waals surface area contributed by atoms with E-state index in [0.29, 0.717) is 11.6 Å². The molecule has 1 fully saturated rings. The van der Waals surface area contributed by atoms with Crippen LogP contribution in [0.2, 0.25) is 0 Å². The highest BCUT2D eigenvalue weighted by Gasteiger charge is 2.32. The second-order valence-electron chi connectivity index (χ2n) is 8.11. The Bertz CT molecular complexity index is 847. The Labute approximate surface area is 166 Å². The van der Waals surface area contributed by atoms with Crippen molar-refractivity contribution in [2.24, 2.45) is 0 Å². The topological polar surface area (TPSA) is 53.1 Å². The summed E-state index contributed by atoms with van der Waals surface area (Å²) in [5.41, 5.74) is 2.97. The first-order valence-electron chi connectivity index (χ1n) is 10.4. The lowest BCUT2D eigenvalue weighted by Gasteiger charge is -2.28. The van der Waals surface area contributed by atoms with Crippen molar-refractivity contribution in [1.29, 1.82) is 0 Å². The minimum atomic E-state index is -0.152. The van der Waals surface area contributed by atoms with Gasteiger partial charge in [-0.2, -0.15) is 0 Å². The van der Waals surface area contributed by atoms with Crippen LogP contribution in [0.1, 0.15) is 55.5 Å². The van der Waals surface area contributed by atoms with Crippen molar-refractivity contribution in [1.82, 2.24) is 9.97 Å². The number of fused-ring (bicyclic) bond motifs is 1. The Balaban J connectivity index is 1.44. The molecule has 2 aromatic rings. The van der Waals surface area contributed by atoms with Crippen LogP contribution in [-0.4, -0.2) is 35.6 Å². The van der Waals surface area contributed by atoms with Gasteiger partial charge < -0.3 is 15.5 Å². The zero-order valence-corrected chi connectivity index (χ0v) is 17.1. The number of aryl methyl sites for hydroxylation is 2. The average Bonchev–Trinajstić information content (AvgIpc) is 3.03. The molecule has 6 heteroatoms. The molecule has 1 aromatic carbocycles. The molecule has 2 aliphatic heterocycles. The first-order chi connectivity index (χ1) is 13.5. The van der Waals surface area contributed by atoms with E-state index in [1.165, 1.54) is 19.3 Å². The Morgan fingerprint density at radius 3 is 2.75 bits per heavy atom. The molecule has 3 heterocycles. The summed E-state index contributed by atoms with van der Waals surface area (Å²) < 4.78 is 14.2. The summed E-state index contributed by atoms with van der Waals surface area (Å²) in [5.74, 6) is 2.84. The molecule has 2 atom stereocenters. The molecule has 0 radical (unpaired) electrons. The summed E-state index contributed by atoms with van der Waals surface area (Å²) in [6, 6.07) is 5.73. The first-order valence-corrected chi connectivity index (χ1v) is 10.4. The Morgan fingerprint density at radius 1 is 1.18 bits per heavy atom. The zero-order chi connectivity index (χ0) is 19.7. The second-order valence-corrected chi connectivity index (χ2v) is 8.11. The molecule has 0 bridgehead atoms. The Hall–Kier alpha value is -2.37. The van der Waals surface area contributed by atoms with Crippen LogP contribution in [0.25, 0.3) is 0 Å². The zero-order valence-electron chi connectivity index (χ0n) is 17.1. The van der Waals surface area contributed by atoms with Crippen molar-refractivity contribution in [2.75, 3.05) is 35.2 Å². The maximum Gasteiger partial charge on any atom is 0.146 e. The number of piperidine rings is 1. The molecule has 0 aliphatic carbocycles. The Morgan fingerprint density at radius 2 is 1.96 bits per heavy atom. The molecule has 4 rings (SSSR count). The van der Waals surface area contributed by atoms with Crippen LogP contribution in [0.4, 0.5) is 21.7 Å². The van der Waals surface area contributed by atoms with Crippen molar-refractivity contribution in [2.45, 2.75) is 58.4 Å². The lowest BCUT2D eigenvalue weighted by Crippen LogP contribution is -2.30. The first kappa shape index (κ1) is 19.0. The van der Waals surface area contributed by atoms with E-state index >= 15 is 0 Å². The molecule has 0 spiro atoms. The molecule has 1 saturated heterocycles. The van der Waals surface area contributed by atoms with Crippen LogP contribution in [0.3, 0.4) is 0 Å². The third-order valence-corrected chi connectivity index (χ3v) is 6.02. The van der Waals surface area contributed by atoms with Crippen molar-refractivity contribution in [3.8, 4) is 0 Å². The van der Waals surface area contributed by atoms with Crippen molar-refractivity contribution in [3.05, 3.63) is 41.0 Å². The number of benzene rings is 1. The largest absolute Gasteiger partial charge is 0.379 e. The number of rotatable bonds is 5. The standard InChI is InChI=1S/C22H30FN5/c1-14-7-8-18(23)22-21(14)17(15(2)25-22)9-10-24-19-13-20(27-16(3)26-19)28-11-5-4-6-12-28/h7-8,13,15,17,25H,4-6,9-12H2,1-3H3,(H,24,26,27). The van der Waals surface area contributed by atoms with Gasteiger partial charge in [0.05, 0.1) is 5.69 Å². The van der Waals surface area contributed by atoms with E-state index in [2.05, 4.69) is 45.4 Å². The van der Waals surface area contributed by atoms with E-state index < -0.39 is 0 Å². The summed E-state index contributed by atoms with van der Waals surface area (Å²) in [7, 11) is 0. The van der Waals surface area contributed by atoms with Gasteiger partial charge in [0.15, 0.2) is 0 Å². The van der Waals surface area contributed by atoms with Gasteiger partial charge in [-0.15, -0.1) is 0 Å². The normalized spacial score (nSPS) is 21.4. The SMILES string of the molecule is Cc1nc(NCCC2c3c(C)ccc(F)c3NC2C)cc(N2CCCCC2)n1. The van der Waals surface area contributed by atoms with E-state index in [9.17, 15) is 4.39 Å². The van der Waals surface area contributed by atoms with Gasteiger partial charge in [0, 0.05) is 37.7 Å². The highest BCUT2D eigenvalue weighted by atomic mass is 19.1. The smallest absolute Gasteiger partial charge is 0.146 e. The van der Waals surface area contributed by atoms with Gasteiger partial charge in [-0.1, -0.05) is 6.07 Å². The van der Waals surface area contributed by atoms with Gasteiger partial charge in [0.1, 0.15) is 23.3 Å². The minimum absolute atomic E-state index is 0.152. The quantitative estimate of drug-likeness (QED) is 0.789. The van der Waals surface area contributed by atoms with Crippen LogP contribution in [0.5, 0.6) is 0 Å². The van der Waals surface area contributed by atoms with Crippen LogP contribution < -0.4 is 15.5 Å². The number of anilines is 3. The molecule has 2 unspecified atom stereocenters. The van der Waals surface area contributed by atoms with Crippen LogP contribution >= 0.6 is 0 Å². The van der Waals surface area contributed by atoms with E-state index in [1.54, 1.807) is 6.07 Å². The predicted molar refractivity (Wildman–Crippen MR) is 113 cm³/mol. The number of hydrogen-bond acceptors (Lipinski definition) is 5. The fourth-order valence-electron chi connectivity index (χ4n) is 4.58. The fraction of sp³-hybridized carbons (Fsp3) is 0.545. The average molecular weight is 384 g/mol. The minimum Gasteiger partial charge on any atom is -0.379 e. The van der Waals surface area contributed by atoms with Gasteiger partial charge in [-0.05, 0) is 63.6 Å². The third-order valence-electron chi connectivity index (χ3n) is 6.02. The lowest BCUT2D eigenvalue weighted by atomic mass is 9.89. The number of aromatic nitrogens is 2. The number of halogens is 1. The molecular weight excluding hydrogens is 353 g/mol. The summed E-state index contributed by atoms with van der Waals surface area (Å²) in [4.78, 5) is 11.5. The van der Waals surface area contributed by atoms with Crippen molar-refractivity contribution in [3.63, 3.8) is 0 Å². The summed E-state index contributed by atoms with van der Waals surface area (Å²) in [5, 5.41) is 6.81. The van der Waals surface area contributed by atoms with Gasteiger partial charge in [0.2, 0.25) is 0 Å². The molecule has 0 amide bonds. The van der Waals surface area contributed by atoms with Crippen LogP contribution in [0.15, 0.2) is 18.2 Å². The molecule has 2 aliphatic rings. The maximum atomic E-state index is 14.2. The summed E-state index contributed by atoms with van der Waals surface area (Å²) in [6.07, 6.45) is 4.69. The van der Waals surface area contributed by atoms with Crippen molar-refractivity contribution >= 4 is 17.3 Å². The third kappa shape index (κ3) is 3.77. The van der Waals surface area contributed by atoms with E-state index in [0.717, 1.165) is 54.6 Å². The van der Waals surface area contributed by atoms with E-state index in [1.807, 2.05) is 13.0 Å². The highest BCUT2D eigenvalue weighted by molar-refractivity contribution is 5.63. The molecule has 5 nitrogen and oxygen atoms in total. The van der Waals surface area contributed by atoms with Crippen molar-refractivity contribution < 1.29 is 4.39 Å². The van der Waals surface area contributed by atoms with Crippen LogP contribution in [0, 0.1) is 19.7 Å². The maximum absolute atomic E-state index is 14.2. The summed E-state index contributed by atoms with van der Waals surface area (Å²) >= 11 is 0. The lowest BCUT2D eigenvalue weighted by molar-refractivity contribution is 0.572. The molecule has 28 heavy (non-hydrogen) atoms. The molecule has 1 aromatic heterocycles. The van der Waals surface area contributed by atoms with Gasteiger partial charge in [-0.3, -0.25) is 0 Å². The Kier molecular flexibility index (Phi) is 5.38. The predicted octanol–water partition coefficient (Wildman–Crippen LogP) is 4.62. The molecule has 2 N–H and O–H groups in total. The summed E-state index contributed by atoms with van der Waals surface area (Å²) in [6.45, 7) is 9.08. The van der Waals surface area contributed by atoms with Gasteiger partial charge >= 0.3 is 0 Å². The molecular formula is C22H30FN5. The highest BCUT2D eigenvalue weighted by Crippen LogP contribution is 2.41. The second kappa shape index (κ2) is 7.94. The van der Waals surface area contributed by atoms with E-state index in [-0.39, 0.29) is 11.9 Å². The molecule has 0 saturated carbocycles. The van der Waals surface area contributed by atoms with Gasteiger partial charge in [-0.25, -0.2) is 14.4 Å². The van der Waals surface area contributed by atoms with Gasteiger partial charge in [0.25, 0.3) is 0 Å². The van der Waals surface area contributed by atoms with Crippen LogP contribution in [-0.2, 0) is 0 Å².